The maximum absolute atomic E-state index is 11.6. The molecule has 7 nitrogen and oxygen atoms in total. The molecule has 4 rings (SSSR count). The van der Waals surface area contributed by atoms with E-state index < -0.39 is 0 Å². The van der Waals surface area contributed by atoms with Gasteiger partial charge < -0.3 is 20.0 Å². The van der Waals surface area contributed by atoms with Crippen LogP contribution in [0.3, 0.4) is 0 Å². The van der Waals surface area contributed by atoms with Crippen molar-refractivity contribution in [1.82, 2.24) is 15.3 Å². The molecule has 0 radical (unpaired) electrons. The average molecular weight is 385 g/mol. The zero-order valence-corrected chi connectivity index (χ0v) is 16.3. The molecular weight excluding hydrogens is 362 g/mol. The second-order valence-corrected chi connectivity index (χ2v) is 7.68. The van der Waals surface area contributed by atoms with Gasteiger partial charge >= 0.3 is 0 Å². The number of fused-ring (bicyclic) bond motifs is 1. The summed E-state index contributed by atoms with van der Waals surface area (Å²) in [7, 11) is 2.00. The number of rotatable bonds is 4. The van der Waals surface area contributed by atoms with Crippen molar-refractivity contribution in [2.75, 3.05) is 30.4 Å². The number of hydrogen-bond acceptors (Lipinski definition) is 7. The number of hydrogen-bond donors (Lipinski definition) is 2. The minimum absolute atomic E-state index is 0.132. The maximum Gasteiger partial charge on any atom is 0.298 e. The first-order valence-corrected chi connectivity index (χ1v) is 10.1. The molecule has 1 aliphatic rings. The molecule has 2 N–H and O–H groups in total. The zero-order chi connectivity index (χ0) is 18.8. The summed E-state index contributed by atoms with van der Waals surface area (Å²) in [5.41, 5.74) is 2.88. The number of nitrogens with zero attached hydrogens (tertiary/aromatic N) is 3. The number of amides is 1. The highest BCUT2D eigenvalue weighted by Crippen LogP contribution is 2.37. The van der Waals surface area contributed by atoms with Crippen LogP contribution >= 0.6 is 11.3 Å². The third-order valence-electron chi connectivity index (χ3n) is 4.86. The molecule has 0 saturated carbocycles. The Balaban J connectivity index is 1.80. The number of oxazole rings is 1. The Bertz CT molecular complexity index is 937. The standard InChI is InChI=1S/C19H23N5O2S/c1-12(25)22-15-7-6-14(18-21-8-10-27-18)17-16(15)23-19(26-17)24-9-4-3-5-13(11-24)20-2/h6-8,10,13,20H,3-5,9,11H2,1-2H3,(H,22,25). The number of nitrogens with one attached hydrogen (secondary N) is 2. The van der Waals surface area contributed by atoms with Gasteiger partial charge in [-0.2, -0.15) is 4.98 Å². The van der Waals surface area contributed by atoms with E-state index in [0.717, 1.165) is 36.5 Å². The summed E-state index contributed by atoms with van der Waals surface area (Å²) in [6, 6.07) is 4.81. The van der Waals surface area contributed by atoms with Crippen LogP contribution in [0.15, 0.2) is 28.1 Å². The lowest BCUT2D eigenvalue weighted by molar-refractivity contribution is -0.114. The van der Waals surface area contributed by atoms with Crippen LogP contribution in [0.1, 0.15) is 26.2 Å². The van der Waals surface area contributed by atoms with Gasteiger partial charge in [-0.3, -0.25) is 4.79 Å². The molecule has 27 heavy (non-hydrogen) atoms. The number of carbonyl (C=O) groups is 1. The molecule has 0 bridgehead atoms. The fraction of sp³-hybridized carbons (Fsp3) is 0.421. The van der Waals surface area contributed by atoms with Crippen molar-refractivity contribution in [3.8, 4) is 10.6 Å². The Hall–Kier alpha value is -2.45. The molecule has 0 spiro atoms. The third-order valence-corrected chi connectivity index (χ3v) is 5.66. The molecule has 1 saturated heterocycles. The molecule has 1 amide bonds. The first-order chi connectivity index (χ1) is 13.2. The normalized spacial score (nSPS) is 17.9. The van der Waals surface area contributed by atoms with Crippen LogP contribution in [0.2, 0.25) is 0 Å². The number of carbonyl (C=O) groups excluding carboxylic acids is 1. The van der Waals surface area contributed by atoms with Crippen LogP contribution in [0.25, 0.3) is 21.7 Å². The predicted octanol–water partition coefficient (Wildman–Crippen LogP) is 3.49. The van der Waals surface area contributed by atoms with Crippen LogP contribution in [0.5, 0.6) is 0 Å². The van der Waals surface area contributed by atoms with Crippen molar-refractivity contribution in [2.45, 2.75) is 32.2 Å². The Morgan fingerprint density at radius 1 is 1.37 bits per heavy atom. The van der Waals surface area contributed by atoms with Crippen LogP contribution in [0.4, 0.5) is 11.7 Å². The first-order valence-electron chi connectivity index (χ1n) is 9.19. The highest BCUT2D eigenvalue weighted by Gasteiger charge is 2.24. The molecular formula is C19H23N5O2S. The van der Waals surface area contributed by atoms with Crippen LogP contribution in [-0.2, 0) is 4.79 Å². The van der Waals surface area contributed by atoms with Crippen LogP contribution in [-0.4, -0.2) is 42.1 Å². The number of thiazole rings is 1. The summed E-state index contributed by atoms with van der Waals surface area (Å²) in [6.07, 6.45) is 5.21. The fourth-order valence-corrected chi connectivity index (χ4v) is 4.16. The van der Waals surface area contributed by atoms with E-state index in [-0.39, 0.29) is 5.91 Å². The SMILES string of the molecule is CNC1CCCCN(c2nc3c(NC(C)=O)ccc(-c4nccs4)c3o2)C1. The lowest BCUT2D eigenvalue weighted by Crippen LogP contribution is -2.38. The van der Waals surface area contributed by atoms with Crippen molar-refractivity contribution in [3.05, 3.63) is 23.7 Å². The molecule has 3 aromatic rings. The van der Waals surface area contributed by atoms with Crippen molar-refractivity contribution < 1.29 is 9.21 Å². The monoisotopic (exact) mass is 385 g/mol. The van der Waals surface area contributed by atoms with Gasteiger partial charge in [-0.1, -0.05) is 6.42 Å². The second kappa shape index (κ2) is 7.66. The van der Waals surface area contributed by atoms with Gasteiger partial charge in [-0.15, -0.1) is 11.3 Å². The maximum atomic E-state index is 11.6. The summed E-state index contributed by atoms with van der Waals surface area (Å²) in [6.45, 7) is 3.26. The van der Waals surface area contributed by atoms with Crippen molar-refractivity contribution in [1.29, 1.82) is 0 Å². The topological polar surface area (TPSA) is 83.3 Å². The van der Waals surface area contributed by atoms with E-state index in [1.165, 1.54) is 13.3 Å². The summed E-state index contributed by atoms with van der Waals surface area (Å²) in [5, 5.41) is 9.04. The summed E-state index contributed by atoms with van der Waals surface area (Å²) in [5.74, 6) is -0.132. The van der Waals surface area contributed by atoms with Gasteiger partial charge in [0, 0.05) is 37.6 Å². The van der Waals surface area contributed by atoms with Gasteiger partial charge in [-0.05, 0) is 32.0 Å². The first kappa shape index (κ1) is 17.9. The Labute approximate surface area is 161 Å². The predicted molar refractivity (Wildman–Crippen MR) is 108 cm³/mol. The minimum Gasteiger partial charge on any atom is -0.423 e. The highest BCUT2D eigenvalue weighted by atomic mass is 32.1. The molecule has 0 aliphatic carbocycles. The molecule has 2 aromatic heterocycles. The highest BCUT2D eigenvalue weighted by molar-refractivity contribution is 7.13. The van der Waals surface area contributed by atoms with Gasteiger partial charge in [0.15, 0.2) is 5.58 Å². The average Bonchev–Trinajstić information content (AvgIpc) is 3.27. The molecule has 1 aromatic carbocycles. The quantitative estimate of drug-likeness (QED) is 0.715. The van der Waals surface area contributed by atoms with E-state index in [9.17, 15) is 4.79 Å². The molecule has 1 unspecified atom stereocenters. The van der Waals surface area contributed by atoms with E-state index in [4.69, 9.17) is 9.40 Å². The Morgan fingerprint density at radius 2 is 2.26 bits per heavy atom. The number of likely N-dealkylation sites (N-methyl/N-ethyl adjacent to an activating group) is 1. The van der Waals surface area contributed by atoms with Crippen molar-refractivity contribution in [3.63, 3.8) is 0 Å². The van der Waals surface area contributed by atoms with E-state index >= 15 is 0 Å². The smallest absolute Gasteiger partial charge is 0.298 e. The van der Waals surface area contributed by atoms with Crippen LogP contribution in [0, 0.1) is 0 Å². The number of aromatic nitrogens is 2. The van der Waals surface area contributed by atoms with E-state index in [2.05, 4.69) is 20.5 Å². The summed E-state index contributed by atoms with van der Waals surface area (Å²) >= 11 is 1.55. The number of anilines is 2. The summed E-state index contributed by atoms with van der Waals surface area (Å²) < 4.78 is 6.24. The fourth-order valence-electron chi connectivity index (χ4n) is 3.50. The van der Waals surface area contributed by atoms with Crippen LogP contribution < -0.4 is 15.5 Å². The minimum atomic E-state index is -0.132. The Kier molecular flexibility index (Phi) is 5.09. The molecule has 1 aliphatic heterocycles. The van der Waals surface area contributed by atoms with Gasteiger partial charge in [0.1, 0.15) is 10.5 Å². The van der Waals surface area contributed by atoms with E-state index in [0.29, 0.717) is 28.8 Å². The molecule has 1 fully saturated rings. The molecule has 142 valence electrons. The van der Waals surface area contributed by atoms with Gasteiger partial charge in [0.25, 0.3) is 6.01 Å². The van der Waals surface area contributed by atoms with E-state index in [1.807, 2.05) is 24.6 Å². The van der Waals surface area contributed by atoms with Crippen molar-refractivity contribution in [2.24, 2.45) is 0 Å². The second-order valence-electron chi connectivity index (χ2n) is 6.78. The van der Waals surface area contributed by atoms with Crippen molar-refractivity contribution >= 4 is 40.0 Å². The summed E-state index contributed by atoms with van der Waals surface area (Å²) in [4.78, 5) is 23.0. The van der Waals surface area contributed by atoms with Gasteiger partial charge in [0.05, 0.1) is 11.3 Å². The van der Waals surface area contributed by atoms with Gasteiger partial charge in [0.2, 0.25) is 5.91 Å². The molecule has 1 atom stereocenters. The molecule has 8 heteroatoms. The lowest BCUT2D eigenvalue weighted by atomic mass is 10.1. The number of benzene rings is 1. The molecule has 3 heterocycles. The zero-order valence-electron chi connectivity index (χ0n) is 15.5. The van der Waals surface area contributed by atoms with E-state index in [1.54, 1.807) is 17.5 Å². The largest absolute Gasteiger partial charge is 0.423 e. The lowest BCUT2D eigenvalue weighted by Gasteiger charge is -2.22. The van der Waals surface area contributed by atoms with Gasteiger partial charge in [-0.25, -0.2) is 4.98 Å². The third kappa shape index (κ3) is 3.68. The Morgan fingerprint density at radius 3 is 3.00 bits per heavy atom.